The Morgan fingerprint density at radius 2 is 2.19 bits per heavy atom. The summed E-state index contributed by atoms with van der Waals surface area (Å²) in [7, 11) is 3.26. The average Bonchev–Trinajstić information content (AvgIpc) is 2.81. The van der Waals surface area contributed by atoms with E-state index in [1.165, 1.54) is 11.3 Å². The molecule has 0 aliphatic rings. The number of fused-ring (bicyclic) bond motifs is 1. The van der Waals surface area contributed by atoms with E-state index < -0.39 is 0 Å². The van der Waals surface area contributed by atoms with Gasteiger partial charge in [-0.25, -0.2) is 0 Å². The summed E-state index contributed by atoms with van der Waals surface area (Å²) in [5.41, 5.74) is 6.61. The van der Waals surface area contributed by atoms with Crippen LogP contribution in [0.3, 0.4) is 0 Å². The zero-order valence-electron chi connectivity index (χ0n) is 12.4. The van der Waals surface area contributed by atoms with E-state index in [0.717, 1.165) is 22.3 Å². The van der Waals surface area contributed by atoms with E-state index in [4.69, 9.17) is 15.2 Å². The van der Waals surface area contributed by atoms with E-state index in [2.05, 4.69) is 5.32 Å². The minimum atomic E-state index is -0.142. The van der Waals surface area contributed by atoms with Crippen molar-refractivity contribution in [3.8, 4) is 5.75 Å². The van der Waals surface area contributed by atoms with Gasteiger partial charge in [0.05, 0.1) is 12.8 Å². The van der Waals surface area contributed by atoms with E-state index in [1.807, 2.05) is 25.1 Å². The second-order valence-corrected chi connectivity index (χ2v) is 5.92. The summed E-state index contributed by atoms with van der Waals surface area (Å²) in [6, 6.07) is 5.65. The fraction of sp³-hybridized carbons (Fsp3) is 0.400. The lowest BCUT2D eigenvalue weighted by Crippen LogP contribution is -2.33. The first kappa shape index (κ1) is 15.6. The third-order valence-electron chi connectivity index (χ3n) is 3.27. The van der Waals surface area contributed by atoms with E-state index in [-0.39, 0.29) is 11.9 Å². The standard InChI is InChI=1S/C15H20N2O3S/c1-9(6-7-19-2)17-15(18)14-13(16)11-5-4-10(20-3)8-12(11)21-14/h4-5,8-9H,6-7,16H2,1-3H3,(H,17,18). The molecule has 1 aromatic carbocycles. The first-order valence-corrected chi connectivity index (χ1v) is 7.54. The van der Waals surface area contributed by atoms with Gasteiger partial charge in [-0.3, -0.25) is 4.79 Å². The van der Waals surface area contributed by atoms with Crippen molar-refractivity contribution in [2.75, 3.05) is 26.6 Å². The molecule has 0 fully saturated rings. The number of carbonyl (C=O) groups is 1. The number of nitrogen functional groups attached to an aromatic ring is 1. The molecule has 0 radical (unpaired) electrons. The summed E-state index contributed by atoms with van der Waals surface area (Å²) < 4.78 is 11.1. The number of hydrogen-bond acceptors (Lipinski definition) is 5. The van der Waals surface area contributed by atoms with Crippen LogP contribution in [0, 0.1) is 0 Å². The number of hydrogen-bond donors (Lipinski definition) is 2. The summed E-state index contributed by atoms with van der Waals surface area (Å²) in [6.45, 7) is 2.56. The zero-order valence-corrected chi connectivity index (χ0v) is 13.3. The predicted octanol–water partition coefficient (Wildman–Crippen LogP) is 2.65. The average molecular weight is 308 g/mol. The van der Waals surface area contributed by atoms with Gasteiger partial charge in [0.25, 0.3) is 5.91 Å². The zero-order chi connectivity index (χ0) is 15.4. The number of amides is 1. The van der Waals surface area contributed by atoms with Gasteiger partial charge in [0.2, 0.25) is 0 Å². The van der Waals surface area contributed by atoms with Crippen molar-refractivity contribution in [1.29, 1.82) is 0 Å². The first-order valence-electron chi connectivity index (χ1n) is 6.72. The molecule has 6 heteroatoms. The second kappa shape index (κ2) is 6.78. The van der Waals surface area contributed by atoms with Crippen LogP contribution in [-0.2, 0) is 4.74 Å². The highest BCUT2D eigenvalue weighted by molar-refractivity contribution is 7.21. The summed E-state index contributed by atoms with van der Waals surface area (Å²) in [6.07, 6.45) is 0.765. The number of carbonyl (C=O) groups excluding carboxylic acids is 1. The highest BCUT2D eigenvalue weighted by Crippen LogP contribution is 2.35. The van der Waals surface area contributed by atoms with Crippen molar-refractivity contribution in [3.05, 3.63) is 23.1 Å². The van der Waals surface area contributed by atoms with E-state index >= 15 is 0 Å². The number of anilines is 1. The summed E-state index contributed by atoms with van der Waals surface area (Å²) >= 11 is 1.38. The van der Waals surface area contributed by atoms with Gasteiger partial charge in [-0.15, -0.1) is 11.3 Å². The highest BCUT2D eigenvalue weighted by atomic mass is 32.1. The fourth-order valence-corrected chi connectivity index (χ4v) is 3.10. The molecule has 0 saturated heterocycles. The minimum Gasteiger partial charge on any atom is -0.497 e. The van der Waals surface area contributed by atoms with Crippen molar-refractivity contribution in [2.45, 2.75) is 19.4 Å². The lowest BCUT2D eigenvalue weighted by atomic mass is 10.2. The fourth-order valence-electron chi connectivity index (χ4n) is 2.05. The van der Waals surface area contributed by atoms with Crippen LogP contribution in [0.2, 0.25) is 0 Å². The van der Waals surface area contributed by atoms with Gasteiger partial charge < -0.3 is 20.5 Å². The number of rotatable bonds is 6. The van der Waals surface area contributed by atoms with Crippen LogP contribution in [0.25, 0.3) is 10.1 Å². The summed E-state index contributed by atoms with van der Waals surface area (Å²) in [5.74, 6) is 0.612. The van der Waals surface area contributed by atoms with Gasteiger partial charge in [-0.1, -0.05) is 0 Å². The van der Waals surface area contributed by atoms with Crippen molar-refractivity contribution in [2.24, 2.45) is 0 Å². The van der Waals surface area contributed by atoms with Crippen LogP contribution < -0.4 is 15.8 Å². The third-order valence-corrected chi connectivity index (χ3v) is 4.44. The molecule has 114 valence electrons. The molecule has 1 atom stereocenters. The van der Waals surface area contributed by atoms with Crippen LogP contribution in [0.4, 0.5) is 5.69 Å². The van der Waals surface area contributed by atoms with Crippen LogP contribution in [0.1, 0.15) is 23.0 Å². The molecular weight excluding hydrogens is 288 g/mol. The number of benzene rings is 1. The van der Waals surface area contributed by atoms with E-state index in [1.54, 1.807) is 14.2 Å². The predicted molar refractivity (Wildman–Crippen MR) is 86.2 cm³/mol. The van der Waals surface area contributed by atoms with E-state index in [9.17, 15) is 4.79 Å². The van der Waals surface area contributed by atoms with Crippen molar-refractivity contribution >= 4 is 33.0 Å². The van der Waals surface area contributed by atoms with Crippen molar-refractivity contribution in [1.82, 2.24) is 5.32 Å². The van der Waals surface area contributed by atoms with E-state index in [0.29, 0.717) is 17.2 Å². The largest absolute Gasteiger partial charge is 0.497 e. The molecule has 1 heterocycles. The van der Waals surface area contributed by atoms with Crippen LogP contribution >= 0.6 is 11.3 Å². The number of methoxy groups -OCH3 is 2. The Bertz CT molecular complexity index is 639. The molecule has 1 unspecified atom stereocenters. The molecule has 0 spiro atoms. The summed E-state index contributed by atoms with van der Waals surface area (Å²) in [4.78, 5) is 12.9. The Kier molecular flexibility index (Phi) is 5.03. The van der Waals surface area contributed by atoms with Gasteiger partial charge in [0.15, 0.2) is 0 Å². The molecule has 3 N–H and O–H groups in total. The third kappa shape index (κ3) is 3.46. The maximum absolute atomic E-state index is 12.3. The Morgan fingerprint density at radius 3 is 2.86 bits per heavy atom. The number of thiophene rings is 1. The smallest absolute Gasteiger partial charge is 0.263 e. The van der Waals surface area contributed by atoms with Crippen LogP contribution in [-0.4, -0.2) is 32.8 Å². The Morgan fingerprint density at radius 1 is 1.43 bits per heavy atom. The van der Waals surface area contributed by atoms with Gasteiger partial charge in [0.1, 0.15) is 10.6 Å². The molecule has 0 aliphatic heterocycles. The molecule has 21 heavy (non-hydrogen) atoms. The van der Waals surface area contributed by atoms with Crippen LogP contribution in [0.5, 0.6) is 5.75 Å². The lowest BCUT2D eigenvalue weighted by molar-refractivity contribution is 0.0934. The maximum atomic E-state index is 12.3. The number of nitrogens with one attached hydrogen (secondary N) is 1. The maximum Gasteiger partial charge on any atom is 0.263 e. The molecular formula is C15H20N2O3S. The Labute approximate surface area is 128 Å². The molecule has 0 aliphatic carbocycles. The molecule has 1 amide bonds. The van der Waals surface area contributed by atoms with Gasteiger partial charge >= 0.3 is 0 Å². The van der Waals surface area contributed by atoms with Gasteiger partial charge in [0, 0.05) is 29.8 Å². The topological polar surface area (TPSA) is 73.6 Å². The molecule has 5 nitrogen and oxygen atoms in total. The van der Waals surface area contributed by atoms with Gasteiger partial charge in [-0.2, -0.15) is 0 Å². The first-order chi connectivity index (χ1) is 10.1. The Hall–Kier alpha value is -1.79. The monoisotopic (exact) mass is 308 g/mol. The SMILES string of the molecule is COCCC(C)NC(=O)c1sc2cc(OC)ccc2c1N. The molecule has 0 bridgehead atoms. The second-order valence-electron chi connectivity index (χ2n) is 4.86. The summed E-state index contributed by atoms with van der Waals surface area (Å²) in [5, 5.41) is 3.83. The van der Waals surface area contributed by atoms with Crippen molar-refractivity contribution < 1.29 is 14.3 Å². The van der Waals surface area contributed by atoms with Crippen molar-refractivity contribution in [3.63, 3.8) is 0 Å². The molecule has 1 aromatic heterocycles. The minimum absolute atomic E-state index is 0.0385. The lowest BCUT2D eigenvalue weighted by Gasteiger charge is -2.12. The van der Waals surface area contributed by atoms with Crippen LogP contribution in [0.15, 0.2) is 18.2 Å². The quantitative estimate of drug-likeness (QED) is 0.860. The molecule has 2 aromatic rings. The highest BCUT2D eigenvalue weighted by Gasteiger charge is 2.18. The number of nitrogens with two attached hydrogens (primary N) is 1. The molecule has 0 saturated carbocycles. The normalized spacial score (nSPS) is 12.3. The molecule has 2 rings (SSSR count). The number of ether oxygens (including phenoxy) is 2. The van der Waals surface area contributed by atoms with Gasteiger partial charge in [-0.05, 0) is 31.5 Å². The Balaban J connectivity index is 2.21.